The van der Waals surface area contributed by atoms with Crippen LogP contribution in [-0.2, 0) is 20.9 Å². The highest BCUT2D eigenvalue weighted by Crippen LogP contribution is 2.22. The maximum absolute atomic E-state index is 11.5. The number of hydrogen-bond donors (Lipinski definition) is 0. The molecule has 1 aromatic heterocycles. The number of benzene rings is 1. The zero-order valence-electron chi connectivity index (χ0n) is 11.7. The van der Waals surface area contributed by atoms with E-state index in [0.717, 1.165) is 16.5 Å². The van der Waals surface area contributed by atoms with Gasteiger partial charge in [0.25, 0.3) is 0 Å². The third kappa shape index (κ3) is 3.05. The van der Waals surface area contributed by atoms with Gasteiger partial charge in [0.05, 0.1) is 0 Å². The summed E-state index contributed by atoms with van der Waals surface area (Å²) in [6.07, 6.45) is 0. The topological polar surface area (TPSA) is 65.7 Å². The molecule has 2 rings (SSSR count). The molecule has 106 valence electrons. The molecule has 0 saturated carbocycles. The monoisotopic (exact) mass is 276 g/mol. The van der Waals surface area contributed by atoms with Crippen LogP contribution in [0, 0.1) is 13.8 Å². The number of esters is 1. The van der Waals surface area contributed by atoms with E-state index in [4.69, 9.17) is 9.15 Å². The van der Waals surface area contributed by atoms with Gasteiger partial charge in [0.1, 0.15) is 18.8 Å². The first-order chi connectivity index (χ1) is 9.51. The Bertz CT molecular complexity index is 699. The minimum absolute atomic E-state index is 0.0206. The van der Waals surface area contributed by atoms with E-state index in [1.165, 1.54) is 13.2 Å². The van der Waals surface area contributed by atoms with E-state index >= 15 is 0 Å². The zero-order valence-corrected chi connectivity index (χ0v) is 11.7. The number of ether oxygens (including phenoxy) is 2. The second-order valence-corrected chi connectivity index (χ2v) is 4.62. The molecule has 0 radical (unpaired) electrons. The molecule has 0 N–H and O–H groups in total. The van der Waals surface area contributed by atoms with E-state index in [0.29, 0.717) is 11.1 Å². The Morgan fingerprint density at radius 1 is 1.20 bits per heavy atom. The van der Waals surface area contributed by atoms with Gasteiger partial charge in [-0.3, -0.25) is 0 Å². The number of carbonyl (C=O) groups is 1. The van der Waals surface area contributed by atoms with Crippen molar-refractivity contribution in [2.45, 2.75) is 20.5 Å². The smallest absolute Gasteiger partial charge is 0.336 e. The third-order valence-corrected chi connectivity index (χ3v) is 3.10. The van der Waals surface area contributed by atoms with E-state index in [9.17, 15) is 9.59 Å². The average Bonchev–Trinajstić information content (AvgIpc) is 2.38. The number of rotatable bonds is 4. The molecule has 5 nitrogen and oxygen atoms in total. The van der Waals surface area contributed by atoms with Crippen LogP contribution in [0.15, 0.2) is 27.4 Å². The Labute approximate surface area is 116 Å². The highest BCUT2D eigenvalue weighted by molar-refractivity contribution is 5.82. The number of carbonyl (C=O) groups excluding carboxylic acids is 1. The summed E-state index contributed by atoms with van der Waals surface area (Å²) in [5, 5.41) is 0.776. The van der Waals surface area contributed by atoms with E-state index in [1.807, 2.05) is 26.0 Å². The highest BCUT2D eigenvalue weighted by Gasteiger charge is 2.10. The molecule has 0 unspecified atom stereocenters. The van der Waals surface area contributed by atoms with Crippen LogP contribution in [0.25, 0.3) is 11.0 Å². The van der Waals surface area contributed by atoms with Crippen molar-refractivity contribution in [3.05, 3.63) is 45.3 Å². The summed E-state index contributed by atoms with van der Waals surface area (Å²) in [7, 11) is 1.42. The predicted octanol–water partition coefficient (Wildman–Crippen LogP) is 2.10. The lowest BCUT2D eigenvalue weighted by Crippen LogP contribution is -2.12. The lowest BCUT2D eigenvalue weighted by Gasteiger charge is -2.08. The van der Waals surface area contributed by atoms with Gasteiger partial charge >= 0.3 is 11.6 Å². The molecule has 0 aliphatic carbocycles. The zero-order chi connectivity index (χ0) is 14.7. The van der Waals surface area contributed by atoms with Crippen molar-refractivity contribution in [2.24, 2.45) is 0 Å². The first-order valence-corrected chi connectivity index (χ1v) is 6.20. The van der Waals surface area contributed by atoms with Crippen LogP contribution in [0.4, 0.5) is 0 Å². The Hall–Kier alpha value is -2.14. The molecule has 20 heavy (non-hydrogen) atoms. The van der Waals surface area contributed by atoms with Crippen LogP contribution in [0.5, 0.6) is 0 Å². The summed E-state index contributed by atoms with van der Waals surface area (Å²) in [5.74, 6) is -0.474. The van der Waals surface area contributed by atoms with Gasteiger partial charge in [-0.05, 0) is 37.1 Å². The minimum Gasteiger partial charge on any atom is -0.459 e. The Morgan fingerprint density at radius 2 is 1.90 bits per heavy atom. The first kappa shape index (κ1) is 14.3. The third-order valence-electron chi connectivity index (χ3n) is 3.10. The van der Waals surface area contributed by atoms with Gasteiger partial charge in [-0.15, -0.1) is 0 Å². The van der Waals surface area contributed by atoms with E-state index < -0.39 is 11.6 Å². The maximum Gasteiger partial charge on any atom is 0.336 e. The van der Waals surface area contributed by atoms with Crippen molar-refractivity contribution in [1.29, 1.82) is 0 Å². The molecular weight excluding hydrogens is 260 g/mol. The summed E-state index contributed by atoms with van der Waals surface area (Å²) in [6, 6.07) is 5.08. The summed E-state index contributed by atoms with van der Waals surface area (Å²) in [6.45, 7) is 3.82. The van der Waals surface area contributed by atoms with Gasteiger partial charge in [-0.2, -0.15) is 0 Å². The van der Waals surface area contributed by atoms with Crippen molar-refractivity contribution in [1.82, 2.24) is 0 Å². The Morgan fingerprint density at radius 3 is 2.60 bits per heavy atom. The van der Waals surface area contributed by atoms with Crippen molar-refractivity contribution in [3.63, 3.8) is 0 Å². The maximum atomic E-state index is 11.5. The Balaban J connectivity index is 2.39. The minimum atomic E-state index is -0.474. The lowest BCUT2D eigenvalue weighted by atomic mass is 10.0. The molecule has 0 aliphatic heterocycles. The highest BCUT2D eigenvalue weighted by atomic mass is 16.6. The molecule has 1 heterocycles. The van der Waals surface area contributed by atoms with Crippen LogP contribution in [-0.4, -0.2) is 19.7 Å². The van der Waals surface area contributed by atoms with E-state index in [2.05, 4.69) is 4.74 Å². The number of aryl methyl sites for hydroxylation is 2. The standard InChI is InChI=1S/C15H16O5/c1-9-4-12-11(7-19-15(17)8-18-3)6-14(16)20-13(12)5-10(9)2/h4-6H,7-8H2,1-3H3. The first-order valence-electron chi connectivity index (χ1n) is 6.20. The molecule has 0 bridgehead atoms. The fourth-order valence-corrected chi connectivity index (χ4v) is 1.92. The van der Waals surface area contributed by atoms with Crippen molar-refractivity contribution >= 4 is 16.9 Å². The molecular formula is C15H16O5. The van der Waals surface area contributed by atoms with Crippen LogP contribution in [0.1, 0.15) is 16.7 Å². The lowest BCUT2D eigenvalue weighted by molar-refractivity contribution is -0.149. The molecule has 0 atom stereocenters. The van der Waals surface area contributed by atoms with Crippen LogP contribution < -0.4 is 5.63 Å². The van der Waals surface area contributed by atoms with E-state index in [1.54, 1.807) is 0 Å². The molecule has 0 amide bonds. The summed E-state index contributed by atoms with van der Waals surface area (Å²) >= 11 is 0. The van der Waals surface area contributed by atoms with E-state index in [-0.39, 0.29) is 13.2 Å². The second-order valence-electron chi connectivity index (χ2n) is 4.62. The van der Waals surface area contributed by atoms with Gasteiger partial charge in [0.2, 0.25) is 0 Å². The van der Waals surface area contributed by atoms with Gasteiger partial charge in [0, 0.05) is 24.1 Å². The summed E-state index contributed by atoms with van der Waals surface area (Å²) < 4.78 is 14.9. The SMILES string of the molecule is COCC(=O)OCc1cc(=O)oc2cc(C)c(C)cc12. The van der Waals surface area contributed by atoms with Crippen molar-refractivity contribution in [3.8, 4) is 0 Å². The molecule has 1 aromatic carbocycles. The van der Waals surface area contributed by atoms with Crippen molar-refractivity contribution < 1.29 is 18.7 Å². The van der Waals surface area contributed by atoms with Gasteiger partial charge < -0.3 is 13.9 Å². The second kappa shape index (κ2) is 5.88. The molecule has 0 saturated heterocycles. The molecule has 0 spiro atoms. The number of hydrogen-bond acceptors (Lipinski definition) is 5. The van der Waals surface area contributed by atoms with Crippen LogP contribution in [0.2, 0.25) is 0 Å². The number of fused-ring (bicyclic) bond motifs is 1. The fourth-order valence-electron chi connectivity index (χ4n) is 1.92. The van der Waals surface area contributed by atoms with Crippen LogP contribution in [0.3, 0.4) is 0 Å². The summed E-state index contributed by atoms with van der Waals surface area (Å²) in [5.41, 5.74) is 2.78. The van der Waals surface area contributed by atoms with Crippen LogP contribution >= 0.6 is 0 Å². The largest absolute Gasteiger partial charge is 0.459 e. The quantitative estimate of drug-likeness (QED) is 0.632. The number of methoxy groups -OCH3 is 1. The molecule has 0 fully saturated rings. The predicted molar refractivity (Wildman–Crippen MR) is 73.6 cm³/mol. The van der Waals surface area contributed by atoms with Crippen molar-refractivity contribution in [2.75, 3.05) is 13.7 Å². The normalized spacial score (nSPS) is 10.8. The van der Waals surface area contributed by atoms with Gasteiger partial charge in [-0.1, -0.05) is 0 Å². The molecule has 0 aliphatic rings. The Kier molecular flexibility index (Phi) is 4.20. The van der Waals surface area contributed by atoms with Gasteiger partial charge in [0.15, 0.2) is 0 Å². The fraction of sp³-hybridized carbons (Fsp3) is 0.333. The molecule has 5 heteroatoms. The van der Waals surface area contributed by atoms with Gasteiger partial charge in [-0.25, -0.2) is 9.59 Å². The molecule has 2 aromatic rings. The summed E-state index contributed by atoms with van der Waals surface area (Å²) in [4.78, 5) is 22.8. The average molecular weight is 276 g/mol.